The molecule has 0 radical (unpaired) electrons. The lowest BCUT2D eigenvalue weighted by molar-refractivity contribution is -0.135. The lowest BCUT2D eigenvalue weighted by Gasteiger charge is -2.09. The molecule has 0 saturated heterocycles. The summed E-state index contributed by atoms with van der Waals surface area (Å²) in [4.78, 5) is 11.5. The fraction of sp³-hybridized carbons (Fsp3) is 0.214. The Morgan fingerprint density at radius 2 is 1.94 bits per heavy atom. The van der Waals surface area contributed by atoms with E-state index in [0.717, 1.165) is 24.0 Å². The van der Waals surface area contributed by atoms with Gasteiger partial charge < -0.3 is 4.74 Å². The highest BCUT2D eigenvalue weighted by Gasteiger charge is 2.23. The van der Waals surface area contributed by atoms with Crippen LogP contribution in [0.2, 0.25) is 0 Å². The molecule has 0 saturated carbocycles. The summed E-state index contributed by atoms with van der Waals surface area (Å²) in [6.45, 7) is 0.473. The molecule has 2 nitrogen and oxygen atoms in total. The number of carbonyl (C=O) groups is 1. The van der Waals surface area contributed by atoms with E-state index in [2.05, 4.69) is 18.2 Å². The Labute approximate surface area is 94.2 Å². The van der Waals surface area contributed by atoms with E-state index in [-0.39, 0.29) is 5.97 Å². The number of rotatable bonds is 0. The van der Waals surface area contributed by atoms with Gasteiger partial charge >= 0.3 is 5.97 Å². The van der Waals surface area contributed by atoms with Gasteiger partial charge in [0.25, 0.3) is 0 Å². The van der Waals surface area contributed by atoms with Gasteiger partial charge in [-0.3, -0.25) is 0 Å². The Balaban J connectivity index is 2.05. The highest BCUT2D eigenvalue weighted by atomic mass is 16.5. The van der Waals surface area contributed by atoms with Crippen LogP contribution in [-0.2, 0) is 16.0 Å². The van der Waals surface area contributed by atoms with Crippen LogP contribution in [0.25, 0.3) is 6.08 Å². The van der Waals surface area contributed by atoms with Crippen molar-refractivity contribution < 1.29 is 9.53 Å². The lowest BCUT2D eigenvalue weighted by Crippen LogP contribution is -1.98. The molecule has 3 rings (SSSR count). The molecule has 2 aliphatic rings. The van der Waals surface area contributed by atoms with Crippen molar-refractivity contribution >= 4 is 12.0 Å². The Morgan fingerprint density at radius 3 is 2.88 bits per heavy atom. The van der Waals surface area contributed by atoms with E-state index < -0.39 is 0 Å². The number of carbonyl (C=O) groups excluding carboxylic acids is 1. The maximum Gasteiger partial charge on any atom is 0.338 e. The SMILES string of the molecule is O=C1OCC2=C1C=Cc1ccccc1CC2. The van der Waals surface area contributed by atoms with Crippen LogP contribution in [0, 0.1) is 0 Å². The van der Waals surface area contributed by atoms with Crippen LogP contribution < -0.4 is 0 Å². The summed E-state index contributed by atoms with van der Waals surface area (Å²) in [6, 6.07) is 8.30. The van der Waals surface area contributed by atoms with Gasteiger partial charge in [-0.15, -0.1) is 0 Å². The van der Waals surface area contributed by atoms with Gasteiger partial charge in [0.1, 0.15) is 6.61 Å². The number of ether oxygens (including phenoxy) is 1. The van der Waals surface area contributed by atoms with Crippen LogP contribution in [0.15, 0.2) is 41.5 Å². The molecule has 1 aromatic carbocycles. The molecule has 0 aromatic heterocycles. The maximum absolute atomic E-state index is 11.5. The predicted octanol–water partition coefficient (Wildman–Crippen LogP) is 2.50. The molecule has 0 spiro atoms. The van der Waals surface area contributed by atoms with Gasteiger partial charge in [-0.05, 0) is 35.6 Å². The zero-order valence-corrected chi connectivity index (χ0v) is 8.90. The molecular weight excluding hydrogens is 200 g/mol. The Morgan fingerprint density at radius 1 is 1.06 bits per heavy atom. The number of esters is 1. The smallest absolute Gasteiger partial charge is 0.338 e. The zero-order chi connectivity index (χ0) is 11.0. The molecule has 1 aliphatic heterocycles. The van der Waals surface area contributed by atoms with Gasteiger partial charge in [0.05, 0.1) is 5.57 Å². The highest BCUT2D eigenvalue weighted by molar-refractivity contribution is 5.96. The number of hydrogen-bond acceptors (Lipinski definition) is 2. The fourth-order valence-corrected chi connectivity index (χ4v) is 2.23. The summed E-state index contributed by atoms with van der Waals surface area (Å²) < 4.78 is 5.05. The van der Waals surface area contributed by atoms with Crippen molar-refractivity contribution in [3.05, 3.63) is 52.6 Å². The third kappa shape index (κ3) is 1.47. The fourth-order valence-electron chi connectivity index (χ4n) is 2.23. The van der Waals surface area contributed by atoms with E-state index in [9.17, 15) is 4.79 Å². The molecule has 0 unspecified atom stereocenters. The molecule has 1 aliphatic carbocycles. The first-order chi connectivity index (χ1) is 7.84. The minimum atomic E-state index is -0.175. The molecule has 0 amide bonds. The number of aryl methyl sites for hydroxylation is 1. The largest absolute Gasteiger partial charge is 0.458 e. The van der Waals surface area contributed by atoms with Crippen molar-refractivity contribution in [2.75, 3.05) is 6.61 Å². The predicted molar refractivity (Wildman–Crippen MR) is 61.8 cm³/mol. The molecule has 1 heterocycles. The summed E-state index contributed by atoms with van der Waals surface area (Å²) in [5.41, 5.74) is 4.43. The summed E-state index contributed by atoms with van der Waals surface area (Å²) in [6.07, 6.45) is 5.80. The minimum absolute atomic E-state index is 0.175. The van der Waals surface area contributed by atoms with Crippen molar-refractivity contribution in [3.63, 3.8) is 0 Å². The van der Waals surface area contributed by atoms with Gasteiger partial charge in [0, 0.05) is 0 Å². The van der Waals surface area contributed by atoms with Crippen LogP contribution in [0.4, 0.5) is 0 Å². The molecule has 0 atom stereocenters. The second-order valence-electron chi connectivity index (χ2n) is 4.13. The van der Waals surface area contributed by atoms with E-state index in [1.165, 1.54) is 11.1 Å². The molecule has 0 bridgehead atoms. The molecule has 0 fully saturated rings. The second-order valence-corrected chi connectivity index (χ2v) is 4.13. The number of benzene rings is 1. The molecular formula is C14H12O2. The molecule has 16 heavy (non-hydrogen) atoms. The van der Waals surface area contributed by atoms with Crippen LogP contribution >= 0.6 is 0 Å². The topological polar surface area (TPSA) is 26.3 Å². The van der Waals surface area contributed by atoms with Crippen molar-refractivity contribution in [3.8, 4) is 0 Å². The Hall–Kier alpha value is -1.83. The Bertz CT molecular complexity index is 509. The second kappa shape index (κ2) is 3.63. The first-order valence-corrected chi connectivity index (χ1v) is 5.50. The van der Waals surface area contributed by atoms with Gasteiger partial charge in [0.15, 0.2) is 0 Å². The maximum atomic E-state index is 11.5. The third-order valence-electron chi connectivity index (χ3n) is 3.16. The summed E-state index contributed by atoms with van der Waals surface area (Å²) in [5, 5.41) is 0. The molecule has 1 aromatic rings. The van der Waals surface area contributed by atoms with E-state index in [1.54, 1.807) is 0 Å². The van der Waals surface area contributed by atoms with Gasteiger partial charge in [-0.25, -0.2) is 4.79 Å². The van der Waals surface area contributed by atoms with Crippen LogP contribution in [0.5, 0.6) is 0 Å². The standard InChI is InChI=1S/C14H12O2/c15-14-13-8-7-11-4-2-1-3-10(11)5-6-12(13)9-16-14/h1-4,7-8H,5-6,9H2. The van der Waals surface area contributed by atoms with Crippen molar-refractivity contribution in [2.24, 2.45) is 0 Å². The third-order valence-corrected chi connectivity index (χ3v) is 3.16. The summed E-state index contributed by atoms with van der Waals surface area (Å²) >= 11 is 0. The van der Waals surface area contributed by atoms with Crippen LogP contribution in [-0.4, -0.2) is 12.6 Å². The van der Waals surface area contributed by atoms with Crippen molar-refractivity contribution in [1.29, 1.82) is 0 Å². The molecule has 80 valence electrons. The van der Waals surface area contributed by atoms with E-state index >= 15 is 0 Å². The molecule has 2 heteroatoms. The summed E-state index contributed by atoms with van der Waals surface area (Å²) in [5.74, 6) is -0.175. The lowest BCUT2D eigenvalue weighted by atomic mass is 9.94. The van der Waals surface area contributed by atoms with Crippen molar-refractivity contribution in [2.45, 2.75) is 12.8 Å². The van der Waals surface area contributed by atoms with Crippen molar-refractivity contribution in [1.82, 2.24) is 0 Å². The summed E-state index contributed by atoms with van der Waals surface area (Å²) in [7, 11) is 0. The van der Waals surface area contributed by atoms with Gasteiger partial charge in [0.2, 0.25) is 0 Å². The number of cyclic esters (lactones) is 1. The van der Waals surface area contributed by atoms with Crippen LogP contribution in [0.3, 0.4) is 0 Å². The minimum Gasteiger partial charge on any atom is -0.458 e. The highest BCUT2D eigenvalue weighted by Crippen LogP contribution is 2.26. The first kappa shape index (κ1) is 9.40. The van der Waals surface area contributed by atoms with E-state index in [0.29, 0.717) is 6.61 Å². The van der Waals surface area contributed by atoms with E-state index in [4.69, 9.17) is 4.74 Å². The average molecular weight is 212 g/mol. The number of hydrogen-bond donors (Lipinski definition) is 0. The average Bonchev–Trinajstić information content (AvgIpc) is 2.62. The van der Waals surface area contributed by atoms with Gasteiger partial charge in [-0.1, -0.05) is 30.3 Å². The van der Waals surface area contributed by atoms with E-state index in [1.807, 2.05) is 18.2 Å². The normalized spacial score (nSPS) is 18.6. The Kier molecular flexibility index (Phi) is 2.13. The zero-order valence-electron chi connectivity index (χ0n) is 8.90. The number of fused-ring (bicyclic) bond motifs is 1. The first-order valence-electron chi connectivity index (χ1n) is 5.50. The van der Waals surface area contributed by atoms with Crippen LogP contribution in [0.1, 0.15) is 17.5 Å². The molecule has 0 N–H and O–H groups in total. The van der Waals surface area contributed by atoms with Gasteiger partial charge in [-0.2, -0.15) is 0 Å². The quantitative estimate of drug-likeness (QED) is 0.618. The monoisotopic (exact) mass is 212 g/mol.